The molecule has 1 aliphatic heterocycles. The summed E-state index contributed by atoms with van der Waals surface area (Å²) in [4.78, 5) is 13.6. The van der Waals surface area contributed by atoms with Crippen LogP contribution in [0.2, 0.25) is 0 Å². The first-order valence-corrected chi connectivity index (χ1v) is 11.0. The molecule has 1 N–H and O–H groups in total. The normalized spacial score (nSPS) is 17.4. The molecule has 158 valence electrons. The molecule has 1 heterocycles. The molecule has 1 amide bonds. The van der Waals surface area contributed by atoms with Crippen LogP contribution in [-0.4, -0.2) is 11.5 Å². The molecule has 0 saturated carbocycles. The van der Waals surface area contributed by atoms with Crippen LogP contribution in [0, 0.1) is 0 Å². The molecular formula is C28H29NO2. The molecule has 0 bridgehead atoms. The Morgan fingerprint density at radius 2 is 1.55 bits per heavy atom. The first-order chi connectivity index (χ1) is 15.1. The van der Waals surface area contributed by atoms with Gasteiger partial charge in [-0.15, -0.1) is 0 Å². The minimum absolute atomic E-state index is 0.0714. The van der Waals surface area contributed by atoms with Crippen LogP contribution in [0.15, 0.2) is 84.9 Å². The van der Waals surface area contributed by atoms with Gasteiger partial charge in [0.15, 0.2) is 0 Å². The highest BCUT2D eigenvalue weighted by Crippen LogP contribution is 2.42. The van der Waals surface area contributed by atoms with Crippen LogP contribution in [0.1, 0.15) is 55.8 Å². The molecule has 3 aromatic carbocycles. The number of hydrogen-bond acceptors (Lipinski definition) is 2. The van der Waals surface area contributed by atoms with Crippen molar-refractivity contribution in [1.29, 1.82) is 0 Å². The fourth-order valence-corrected chi connectivity index (χ4v) is 4.28. The van der Waals surface area contributed by atoms with E-state index < -0.39 is 0 Å². The van der Waals surface area contributed by atoms with E-state index in [1.54, 1.807) is 0 Å². The van der Waals surface area contributed by atoms with Gasteiger partial charge in [-0.2, -0.15) is 0 Å². The van der Waals surface area contributed by atoms with Crippen molar-refractivity contribution in [3.8, 4) is 5.75 Å². The van der Waals surface area contributed by atoms with Crippen LogP contribution in [0.25, 0.3) is 11.6 Å². The lowest BCUT2D eigenvalue weighted by Crippen LogP contribution is -2.44. The van der Waals surface area contributed by atoms with Crippen molar-refractivity contribution in [3.63, 3.8) is 0 Å². The van der Waals surface area contributed by atoms with E-state index in [0.717, 1.165) is 41.7 Å². The molecule has 1 aliphatic rings. The molecule has 0 radical (unpaired) electrons. The Labute approximate surface area is 184 Å². The molecular weight excluding hydrogens is 382 g/mol. The first kappa shape index (κ1) is 20.9. The van der Waals surface area contributed by atoms with Crippen LogP contribution in [0.5, 0.6) is 5.75 Å². The summed E-state index contributed by atoms with van der Waals surface area (Å²) in [5.74, 6) is 0.800. The van der Waals surface area contributed by atoms with E-state index in [-0.39, 0.29) is 17.6 Å². The molecule has 0 saturated heterocycles. The summed E-state index contributed by atoms with van der Waals surface area (Å²) in [6.07, 6.45) is 4.52. The first-order valence-electron chi connectivity index (χ1n) is 11.0. The van der Waals surface area contributed by atoms with Gasteiger partial charge < -0.3 is 10.1 Å². The van der Waals surface area contributed by atoms with E-state index in [1.807, 2.05) is 84.9 Å². The van der Waals surface area contributed by atoms with Crippen LogP contribution >= 0.6 is 0 Å². The second-order valence-corrected chi connectivity index (χ2v) is 8.09. The molecule has 31 heavy (non-hydrogen) atoms. The Bertz CT molecular complexity index is 1050. The van der Waals surface area contributed by atoms with Crippen molar-refractivity contribution < 1.29 is 9.53 Å². The Morgan fingerprint density at radius 3 is 2.23 bits per heavy atom. The van der Waals surface area contributed by atoms with Gasteiger partial charge in [-0.05, 0) is 36.1 Å². The van der Waals surface area contributed by atoms with Gasteiger partial charge in [0.25, 0.3) is 5.91 Å². The number of carbonyl (C=O) groups excluding carboxylic acids is 1. The van der Waals surface area contributed by atoms with Crippen LogP contribution in [0.4, 0.5) is 0 Å². The third-order valence-corrected chi connectivity index (χ3v) is 6.23. The van der Waals surface area contributed by atoms with E-state index in [9.17, 15) is 4.79 Å². The summed E-state index contributed by atoms with van der Waals surface area (Å²) in [5, 5.41) is 3.33. The van der Waals surface area contributed by atoms with Crippen molar-refractivity contribution in [3.05, 3.63) is 102 Å². The number of rotatable bonds is 6. The van der Waals surface area contributed by atoms with E-state index in [1.165, 1.54) is 0 Å². The topological polar surface area (TPSA) is 38.3 Å². The zero-order valence-electron chi connectivity index (χ0n) is 18.2. The van der Waals surface area contributed by atoms with Crippen molar-refractivity contribution in [2.45, 2.75) is 44.8 Å². The number of carbonyl (C=O) groups is 1. The third-order valence-electron chi connectivity index (χ3n) is 6.23. The molecule has 3 heteroatoms. The highest BCUT2D eigenvalue weighted by Gasteiger charge is 2.39. The fourth-order valence-electron chi connectivity index (χ4n) is 4.28. The number of amides is 1. The summed E-state index contributed by atoms with van der Waals surface area (Å²) >= 11 is 0. The maximum absolute atomic E-state index is 13.6. The van der Waals surface area contributed by atoms with E-state index in [0.29, 0.717) is 5.57 Å². The largest absolute Gasteiger partial charge is 0.487 e. The van der Waals surface area contributed by atoms with Crippen molar-refractivity contribution in [2.24, 2.45) is 0 Å². The van der Waals surface area contributed by atoms with Crippen LogP contribution in [-0.2, 0) is 4.79 Å². The molecule has 3 nitrogen and oxygen atoms in total. The number of fused-ring (bicyclic) bond motifs is 1. The SMILES string of the molecule is CCC1(CC)CC(NC(=O)/C(=C/c2ccccc2)c2ccccc2)c2ccccc2O1. The van der Waals surface area contributed by atoms with E-state index >= 15 is 0 Å². The summed E-state index contributed by atoms with van der Waals surface area (Å²) in [6.45, 7) is 4.31. The molecule has 0 aromatic heterocycles. The molecule has 0 spiro atoms. The van der Waals surface area contributed by atoms with Gasteiger partial charge in [-0.1, -0.05) is 92.7 Å². The average molecular weight is 412 g/mol. The maximum atomic E-state index is 13.6. The molecule has 1 unspecified atom stereocenters. The van der Waals surface area contributed by atoms with Gasteiger partial charge in [0.1, 0.15) is 11.4 Å². The molecule has 4 rings (SSSR count). The summed E-state index contributed by atoms with van der Waals surface area (Å²) < 4.78 is 6.40. The molecule has 3 aromatic rings. The molecule has 0 fully saturated rings. The molecule has 1 atom stereocenters. The average Bonchev–Trinajstić information content (AvgIpc) is 2.83. The lowest BCUT2D eigenvalue weighted by atomic mass is 9.83. The van der Waals surface area contributed by atoms with Crippen LogP contribution in [0.3, 0.4) is 0 Å². The Balaban J connectivity index is 1.69. The summed E-state index contributed by atoms with van der Waals surface area (Å²) in [5.41, 5.74) is 3.35. The Morgan fingerprint density at radius 1 is 0.935 bits per heavy atom. The van der Waals surface area contributed by atoms with E-state index in [4.69, 9.17) is 4.74 Å². The lowest BCUT2D eigenvalue weighted by molar-refractivity contribution is -0.117. The number of hydrogen-bond donors (Lipinski definition) is 1. The van der Waals surface area contributed by atoms with Crippen molar-refractivity contribution in [2.75, 3.05) is 0 Å². The zero-order chi connectivity index (χ0) is 21.7. The Hall–Kier alpha value is -3.33. The summed E-state index contributed by atoms with van der Waals surface area (Å²) in [6, 6.07) is 27.8. The van der Waals surface area contributed by atoms with Gasteiger partial charge >= 0.3 is 0 Å². The second kappa shape index (κ2) is 9.22. The lowest BCUT2D eigenvalue weighted by Gasteiger charge is -2.41. The zero-order valence-corrected chi connectivity index (χ0v) is 18.2. The van der Waals surface area contributed by atoms with Gasteiger partial charge in [-0.3, -0.25) is 4.79 Å². The van der Waals surface area contributed by atoms with Crippen molar-refractivity contribution in [1.82, 2.24) is 5.32 Å². The quantitative estimate of drug-likeness (QED) is 0.375. The second-order valence-electron chi connectivity index (χ2n) is 8.09. The number of benzene rings is 3. The Kier molecular flexibility index (Phi) is 6.22. The minimum Gasteiger partial charge on any atom is -0.487 e. The van der Waals surface area contributed by atoms with Gasteiger partial charge in [0, 0.05) is 17.6 Å². The maximum Gasteiger partial charge on any atom is 0.252 e. The third kappa shape index (κ3) is 4.56. The molecule has 0 aliphatic carbocycles. The van der Waals surface area contributed by atoms with E-state index in [2.05, 4.69) is 25.2 Å². The van der Waals surface area contributed by atoms with Gasteiger partial charge in [0.05, 0.1) is 6.04 Å². The predicted octanol–water partition coefficient (Wildman–Crippen LogP) is 6.43. The van der Waals surface area contributed by atoms with Crippen molar-refractivity contribution >= 4 is 17.6 Å². The van der Waals surface area contributed by atoms with Gasteiger partial charge in [0.2, 0.25) is 0 Å². The number of nitrogens with one attached hydrogen (secondary N) is 1. The highest BCUT2D eigenvalue weighted by atomic mass is 16.5. The monoisotopic (exact) mass is 411 g/mol. The standard InChI is InChI=1S/C28H29NO2/c1-3-28(4-2)20-25(23-17-11-12-18-26(23)31-28)29-27(30)24(22-15-9-6-10-16-22)19-21-13-7-5-8-14-21/h5-19,25H,3-4,20H2,1-2H3,(H,29,30)/b24-19+. The number of ether oxygens (including phenoxy) is 1. The predicted molar refractivity (Wildman–Crippen MR) is 127 cm³/mol. The fraction of sp³-hybridized carbons (Fsp3) is 0.250. The smallest absolute Gasteiger partial charge is 0.252 e. The van der Waals surface area contributed by atoms with Gasteiger partial charge in [-0.25, -0.2) is 0 Å². The van der Waals surface area contributed by atoms with Crippen LogP contribution < -0.4 is 10.1 Å². The summed E-state index contributed by atoms with van der Waals surface area (Å²) in [7, 11) is 0. The highest BCUT2D eigenvalue weighted by molar-refractivity contribution is 6.24. The number of para-hydroxylation sites is 1. The minimum atomic E-state index is -0.262.